The predicted octanol–water partition coefficient (Wildman–Crippen LogP) is 3.38. The van der Waals surface area contributed by atoms with Crippen LogP contribution in [0.3, 0.4) is 0 Å². The quantitative estimate of drug-likeness (QED) is 0.200. The molecule has 1 unspecified atom stereocenters. The number of carbonyl (C=O) groups excluding carboxylic acids is 2. The molecule has 192 valence electrons. The van der Waals surface area contributed by atoms with Gasteiger partial charge in [0.15, 0.2) is 0 Å². The van der Waals surface area contributed by atoms with Gasteiger partial charge in [0.1, 0.15) is 23.0 Å². The van der Waals surface area contributed by atoms with Crippen molar-refractivity contribution in [2.75, 3.05) is 6.54 Å². The Labute approximate surface area is 211 Å². The molecule has 4 aromatic rings. The second-order valence-electron chi connectivity index (χ2n) is 8.81. The van der Waals surface area contributed by atoms with Gasteiger partial charge >= 0.3 is 17.6 Å². The largest absolute Gasteiger partial charge is 0.480 e. The summed E-state index contributed by atoms with van der Waals surface area (Å²) in [5, 5.41) is 15.8. The van der Waals surface area contributed by atoms with Crippen LogP contribution < -0.4 is 22.0 Å². The molecular formula is C27H27N3O7. The van der Waals surface area contributed by atoms with Gasteiger partial charge in [0.05, 0.1) is 12.0 Å². The van der Waals surface area contributed by atoms with Gasteiger partial charge < -0.3 is 30.3 Å². The van der Waals surface area contributed by atoms with Crippen molar-refractivity contribution in [2.45, 2.75) is 39.2 Å². The molecule has 3 amide bonds. The van der Waals surface area contributed by atoms with Crippen LogP contribution in [-0.2, 0) is 16.0 Å². The van der Waals surface area contributed by atoms with Gasteiger partial charge in [0.25, 0.3) is 0 Å². The molecule has 10 heteroatoms. The minimum atomic E-state index is -1.22. The molecule has 10 nitrogen and oxygen atoms in total. The van der Waals surface area contributed by atoms with E-state index >= 15 is 0 Å². The first-order valence-electron chi connectivity index (χ1n) is 11.8. The molecule has 0 spiro atoms. The number of carboxylic acid groups (broad SMARTS) is 1. The van der Waals surface area contributed by atoms with E-state index in [2.05, 4.69) is 10.6 Å². The van der Waals surface area contributed by atoms with Gasteiger partial charge in [0, 0.05) is 28.9 Å². The van der Waals surface area contributed by atoms with E-state index in [1.54, 1.807) is 13.0 Å². The van der Waals surface area contributed by atoms with E-state index in [4.69, 9.17) is 14.6 Å². The van der Waals surface area contributed by atoms with Gasteiger partial charge in [-0.25, -0.2) is 14.4 Å². The number of amides is 3. The molecular weight excluding hydrogens is 478 g/mol. The van der Waals surface area contributed by atoms with E-state index in [1.165, 1.54) is 0 Å². The fourth-order valence-electron chi connectivity index (χ4n) is 4.45. The highest BCUT2D eigenvalue weighted by atomic mass is 16.4. The van der Waals surface area contributed by atoms with Crippen molar-refractivity contribution >= 4 is 39.8 Å². The van der Waals surface area contributed by atoms with Crippen molar-refractivity contribution in [2.24, 2.45) is 5.73 Å². The van der Waals surface area contributed by atoms with Crippen LogP contribution in [0, 0.1) is 13.8 Å². The lowest BCUT2D eigenvalue weighted by molar-refractivity contribution is -0.141. The Morgan fingerprint density at radius 2 is 1.73 bits per heavy atom. The highest BCUT2D eigenvalue weighted by Gasteiger charge is 2.23. The highest BCUT2D eigenvalue weighted by molar-refractivity contribution is 6.03. The molecule has 5 N–H and O–H groups in total. The van der Waals surface area contributed by atoms with Crippen molar-refractivity contribution in [3.05, 3.63) is 69.8 Å². The number of aryl methyl sites for hydroxylation is 2. The number of hydrogen-bond acceptors (Lipinski definition) is 6. The van der Waals surface area contributed by atoms with Crippen LogP contribution in [-0.4, -0.2) is 35.6 Å². The molecule has 0 bridgehead atoms. The normalized spacial score (nSPS) is 11.9. The van der Waals surface area contributed by atoms with Crippen LogP contribution in [0.4, 0.5) is 4.79 Å². The molecule has 0 radical (unpaired) electrons. The van der Waals surface area contributed by atoms with Gasteiger partial charge in [-0.05, 0) is 43.9 Å². The maximum absolute atomic E-state index is 12.8. The molecule has 4 rings (SSSR count). The molecule has 0 aliphatic heterocycles. The number of furan rings is 1. The van der Waals surface area contributed by atoms with Gasteiger partial charge in [-0.3, -0.25) is 4.79 Å². The number of carbonyl (C=O) groups is 3. The van der Waals surface area contributed by atoms with Gasteiger partial charge in [0.2, 0.25) is 5.91 Å². The first kappa shape index (κ1) is 25.5. The minimum absolute atomic E-state index is 0.0761. The second kappa shape index (κ2) is 10.6. The Morgan fingerprint density at radius 1 is 1.03 bits per heavy atom. The smallest absolute Gasteiger partial charge is 0.340 e. The Bertz CT molecular complexity index is 1550. The van der Waals surface area contributed by atoms with E-state index in [0.717, 1.165) is 22.3 Å². The summed E-state index contributed by atoms with van der Waals surface area (Å²) >= 11 is 0. The number of nitrogens with two attached hydrogens (primary N) is 1. The SMILES string of the molecule is Cc1oc2cc3oc(=O)c(CC(=O)NC(CCCNC(N)=O)C(=O)O)c(C)c3cc2c1-c1ccccc1. The Morgan fingerprint density at radius 3 is 2.41 bits per heavy atom. The molecule has 1 atom stereocenters. The van der Waals surface area contributed by atoms with E-state index in [-0.39, 0.29) is 24.9 Å². The van der Waals surface area contributed by atoms with Crippen LogP contribution in [0.15, 0.2) is 56.1 Å². The summed E-state index contributed by atoms with van der Waals surface area (Å²) in [6.45, 7) is 3.77. The molecule has 2 aromatic heterocycles. The van der Waals surface area contributed by atoms with Crippen LogP contribution in [0.25, 0.3) is 33.1 Å². The molecule has 37 heavy (non-hydrogen) atoms. The van der Waals surface area contributed by atoms with Crippen LogP contribution in [0.5, 0.6) is 0 Å². The van der Waals surface area contributed by atoms with Crippen molar-refractivity contribution in [1.82, 2.24) is 10.6 Å². The van der Waals surface area contributed by atoms with Gasteiger partial charge in [-0.15, -0.1) is 0 Å². The predicted molar refractivity (Wildman–Crippen MR) is 137 cm³/mol. The fourth-order valence-corrected chi connectivity index (χ4v) is 4.45. The van der Waals surface area contributed by atoms with Crippen molar-refractivity contribution in [1.29, 1.82) is 0 Å². The number of primary amides is 1. The third kappa shape index (κ3) is 5.48. The van der Waals surface area contributed by atoms with Gasteiger partial charge in [-0.1, -0.05) is 30.3 Å². The maximum Gasteiger partial charge on any atom is 0.340 e. The lowest BCUT2D eigenvalue weighted by atomic mass is 9.98. The van der Waals surface area contributed by atoms with Crippen molar-refractivity contribution < 1.29 is 28.3 Å². The summed E-state index contributed by atoms with van der Waals surface area (Å²) in [5.41, 5.74) is 7.85. The number of benzene rings is 2. The average molecular weight is 506 g/mol. The van der Waals surface area contributed by atoms with Gasteiger partial charge in [-0.2, -0.15) is 0 Å². The minimum Gasteiger partial charge on any atom is -0.480 e. The van der Waals surface area contributed by atoms with Crippen LogP contribution in [0.2, 0.25) is 0 Å². The summed E-state index contributed by atoms with van der Waals surface area (Å²) < 4.78 is 11.5. The van der Waals surface area contributed by atoms with E-state index in [1.807, 2.05) is 43.3 Å². The lowest BCUT2D eigenvalue weighted by Crippen LogP contribution is -2.42. The number of carboxylic acids is 1. The monoisotopic (exact) mass is 505 g/mol. The van der Waals surface area contributed by atoms with E-state index in [9.17, 15) is 24.3 Å². The lowest BCUT2D eigenvalue weighted by Gasteiger charge is -2.15. The summed E-state index contributed by atoms with van der Waals surface area (Å²) in [4.78, 5) is 47.8. The summed E-state index contributed by atoms with van der Waals surface area (Å²) in [6.07, 6.45) is 0.0232. The third-order valence-electron chi connectivity index (χ3n) is 6.27. The molecule has 0 aliphatic carbocycles. The molecule has 0 fully saturated rings. The van der Waals surface area contributed by atoms with E-state index < -0.39 is 29.6 Å². The summed E-state index contributed by atoms with van der Waals surface area (Å²) in [6, 6.07) is 11.4. The molecule has 2 aromatic carbocycles. The standard InChI is InChI=1S/C27H27N3O7/c1-14-17-11-19-22(36-15(2)24(19)16-7-4-3-5-8-16)13-21(17)37-26(34)18(14)12-23(31)30-20(25(32)33)9-6-10-29-27(28)35/h3-5,7-8,11,13,20H,6,9-10,12H2,1-2H3,(H,30,31)(H,32,33)(H3,28,29,35). The summed E-state index contributed by atoms with van der Waals surface area (Å²) in [7, 11) is 0. The zero-order valence-corrected chi connectivity index (χ0v) is 20.4. The molecule has 0 saturated heterocycles. The Kier molecular flexibility index (Phi) is 7.28. The highest BCUT2D eigenvalue weighted by Crippen LogP contribution is 2.37. The van der Waals surface area contributed by atoms with Crippen LogP contribution in [0.1, 0.15) is 29.7 Å². The molecule has 0 aliphatic rings. The number of urea groups is 1. The van der Waals surface area contributed by atoms with E-state index in [0.29, 0.717) is 28.5 Å². The van der Waals surface area contributed by atoms with Crippen molar-refractivity contribution in [3.63, 3.8) is 0 Å². The number of aliphatic carboxylic acids is 1. The van der Waals surface area contributed by atoms with Crippen molar-refractivity contribution in [3.8, 4) is 11.1 Å². The number of fused-ring (bicyclic) bond motifs is 2. The molecule has 2 heterocycles. The zero-order valence-electron chi connectivity index (χ0n) is 20.4. The first-order valence-corrected chi connectivity index (χ1v) is 11.8. The Balaban J connectivity index is 1.63. The number of hydrogen-bond donors (Lipinski definition) is 4. The second-order valence-corrected chi connectivity index (χ2v) is 8.81. The Hall–Kier alpha value is -4.60. The molecule has 0 saturated carbocycles. The average Bonchev–Trinajstić information content (AvgIpc) is 3.17. The fraction of sp³-hybridized carbons (Fsp3) is 0.259. The van der Waals surface area contributed by atoms with Crippen LogP contribution >= 0.6 is 0 Å². The number of nitrogens with one attached hydrogen (secondary N) is 2. The summed E-state index contributed by atoms with van der Waals surface area (Å²) in [5.74, 6) is -1.13. The third-order valence-corrected chi connectivity index (χ3v) is 6.27. The zero-order chi connectivity index (χ0) is 26.7. The number of rotatable bonds is 9. The first-order chi connectivity index (χ1) is 17.7. The topological polar surface area (TPSA) is 165 Å². The maximum atomic E-state index is 12.8.